The Hall–Kier alpha value is -2.25. The van der Waals surface area contributed by atoms with E-state index in [1.807, 2.05) is 46.8 Å². The van der Waals surface area contributed by atoms with Crippen molar-refractivity contribution in [1.82, 2.24) is 14.2 Å². The van der Waals surface area contributed by atoms with Crippen molar-refractivity contribution in [1.29, 1.82) is 0 Å². The lowest BCUT2D eigenvalue weighted by Gasteiger charge is -2.40. The molecule has 7 heteroatoms. The van der Waals surface area contributed by atoms with Gasteiger partial charge in [0, 0.05) is 30.7 Å². The molecule has 136 valence electrons. The lowest BCUT2D eigenvalue weighted by atomic mass is 9.93. The van der Waals surface area contributed by atoms with E-state index in [0.29, 0.717) is 19.5 Å². The summed E-state index contributed by atoms with van der Waals surface area (Å²) >= 11 is 1.42. The second kappa shape index (κ2) is 7.17. The zero-order valence-electron chi connectivity index (χ0n) is 14.6. The van der Waals surface area contributed by atoms with Gasteiger partial charge in [0.05, 0.1) is 25.6 Å². The van der Waals surface area contributed by atoms with Gasteiger partial charge in [-0.3, -0.25) is 14.5 Å². The molecule has 0 unspecified atom stereocenters. The smallest absolute Gasteiger partial charge is 0.311 e. The molecule has 2 fully saturated rings. The molecule has 0 aliphatic carbocycles. The number of hydrogen-bond donors (Lipinski definition) is 0. The molecule has 2 aliphatic heterocycles. The number of carbonyl (C=O) groups excluding carboxylic acids is 2. The Morgan fingerprint density at radius 2 is 2.15 bits per heavy atom. The number of amides is 1. The summed E-state index contributed by atoms with van der Waals surface area (Å²) in [6, 6.07) is 9.59. The van der Waals surface area contributed by atoms with Crippen LogP contribution in [0, 0.1) is 5.92 Å². The van der Waals surface area contributed by atoms with Crippen LogP contribution >= 0.6 is 11.5 Å². The number of ether oxygens (including phenoxy) is 1. The van der Waals surface area contributed by atoms with Crippen LogP contribution in [-0.4, -0.2) is 52.3 Å². The summed E-state index contributed by atoms with van der Waals surface area (Å²) in [5.74, 6) is -0.488. The van der Waals surface area contributed by atoms with E-state index in [-0.39, 0.29) is 29.9 Å². The Bertz CT molecular complexity index is 781. The van der Waals surface area contributed by atoms with Crippen LogP contribution in [0.4, 0.5) is 0 Å². The minimum absolute atomic E-state index is 0.0251. The van der Waals surface area contributed by atoms with Crippen LogP contribution in [0.1, 0.15) is 23.6 Å². The summed E-state index contributed by atoms with van der Waals surface area (Å²) in [5.41, 5.74) is 2.12. The van der Waals surface area contributed by atoms with E-state index in [1.54, 1.807) is 0 Å². The van der Waals surface area contributed by atoms with E-state index >= 15 is 0 Å². The fourth-order valence-electron chi connectivity index (χ4n) is 4.22. The first-order valence-electron chi connectivity index (χ1n) is 8.72. The van der Waals surface area contributed by atoms with Crippen LogP contribution in [0.3, 0.4) is 0 Å². The molecule has 26 heavy (non-hydrogen) atoms. The highest BCUT2D eigenvalue weighted by atomic mass is 32.1. The third-order valence-corrected chi connectivity index (χ3v) is 5.89. The third-order valence-electron chi connectivity index (χ3n) is 5.25. The zero-order valence-corrected chi connectivity index (χ0v) is 15.4. The number of carbonyl (C=O) groups is 2. The van der Waals surface area contributed by atoms with Crippen LogP contribution in [0.5, 0.6) is 0 Å². The Kier molecular flexibility index (Phi) is 4.74. The van der Waals surface area contributed by atoms with Gasteiger partial charge in [-0.05, 0) is 29.1 Å². The maximum Gasteiger partial charge on any atom is 0.311 e. The SMILES string of the molecule is COC(=O)[C@H]1C[C@H]2CN(Cc3cnsc3)CC(=O)N2[C@H]1c1ccccc1. The Labute approximate surface area is 156 Å². The molecule has 0 spiro atoms. The van der Waals surface area contributed by atoms with Gasteiger partial charge in [0.2, 0.25) is 5.91 Å². The van der Waals surface area contributed by atoms with Crippen molar-refractivity contribution in [3.8, 4) is 0 Å². The molecule has 0 bridgehead atoms. The monoisotopic (exact) mass is 371 g/mol. The normalized spacial score (nSPS) is 26.0. The van der Waals surface area contributed by atoms with Gasteiger partial charge < -0.3 is 9.64 Å². The minimum Gasteiger partial charge on any atom is -0.469 e. The van der Waals surface area contributed by atoms with Crippen LogP contribution in [0.25, 0.3) is 0 Å². The second-order valence-corrected chi connectivity index (χ2v) is 7.54. The quantitative estimate of drug-likeness (QED) is 0.770. The summed E-state index contributed by atoms with van der Waals surface area (Å²) in [4.78, 5) is 29.4. The summed E-state index contributed by atoms with van der Waals surface area (Å²) in [6.45, 7) is 1.84. The molecule has 2 saturated heterocycles. The van der Waals surface area contributed by atoms with Gasteiger partial charge in [0.1, 0.15) is 0 Å². The van der Waals surface area contributed by atoms with E-state index in [0.717, 1.165) is 17.7 Å². The van der Waals surface area contributed by atoms with Crippen LogP contribution in [0.15, 0.2) is 41.9 Å². The van der Waals surface area contributed by atoms with Gasteiger partial charge in [-0.15, -0.1) is 0 Å². The first-order chi connectivity index (χ1) is 12.7. The highest BCUT2D eigenvalue weighted by Gasteiger charge is 2.50. The largest absolute Gasteiger partial charge is 0.469 e. The molecule has 1 aromatic carbocycles. The summed E-state index contributed by atoms with van der Waals surface area (Å²) < 4.78 is 9.17. The lowest BCUT2D eigenvalue weighted by molar-refractivity contribution is -0.147. The molecule has 3 heterocycles. The predicted molar refractivity (Wildman–Crippen MR) is 97.3 cm³/mol. The Balaban J connectivity index is 1.60. The van der Waals surface area contributed by atoms with Gasteiger partial charge in [-0.2, -0.15) is 0 Å². The number of esters is 1. The lowest BCUT2D eigenvalue weighted by Crippen LogP contribution is -2.53. The van der Waals surface area contributed by atoms with Gasteiger partial charge in [0.25, 0.3) is 0 Å². The number of piperazine rings is 1. The average molecular weight is 371 g/mol. The summed E-state index contributed by atoms with van der Waals surface area (Å²) in [6.07, 6.45) is 2.48. The van der Waals surface area contributed by atoms with E-state index in [9.17, 15) is 9.59 Å². The van der Waals surface area contributed by atoms with E-state index in [1.165, 1.54) is 18.6 Å². The van der Waals surface area contributed by atoms with Crippen LogP contribution < -0.4 is 0 Å². The summed E-state index contributed by atoms with van der Waals surface area (Å²) in [5, 5.41) is 2.01. The molecule has 0 N–H and O–H groups in total. The molecule has 1 amide bonds. The highest BCUT2D eigenvalue weighted by Crippen LogP contribution is 2.43. The zero-order chi connectivity index (χ0) is 18.1. The fourth-order valence-corrected chi connectivity index (χ4v) is 4.74. The standard InChI is InChI=1S/C19H21N3O3S/c1-25-19(24)16-7-15-10-21(9-13-8-20-26-12-13)11-17(23)22(15)18(16)14-5-3-2-4-6-14/h2-6,8,12,15-16,18H,7,9-11H2,1H3/t15-,16-,18-/m0/s1. The van der Waals surface area contributed by atoms with Crippen molar-refractivity contribution in [3.63, 3.8) is 0 Å². The van der Waals surface area contributed by atoms with Crippen molar-refractivity contribution in [2.45, 2.75) is 25.0 Å². The second-order valence-electron chi connectivity index (χ2n) is 6.88. The molecule has 0 radical (unpaired) electrons. The molecule has 2 aromatic rings. The first-order valence-corrected chi connectivity index (χ1v) is 9.55. The van der Waals surface area contributed by atoms with Crippen molar-refractivity contribution in [3.05, 3.63) is 53.0 Å². The number of benzene rings is 1. The molecule has 0 saturated carbocycles. The molecule has 4 rings (SSSR count). The third kappa shape index (κ3) is 3.12. The molecule has 1 aromatic heterocycles. The van der Waals surface area contributed by atoms with Gasteiger partial charge >= 0.3 is 5.97 Å². The number of aromatic nitrogens is 1. The van der Waals surface area contributed by atoms with Gasteiger partial charge in [-0.1, -0.05) is 30.3 Å². The van der Waals surface area contributed by atoms with E-state index in [4.69, 9.17) is 4.74 Å². The number of rotatable bonds is 4. The van der Waals surface area contributed by atoms with Gasteiger partial charge in [-0.25, -0.2) is 4.37 Å². The first kappa shape index (κ1) is 17.2. The van der Waals surface area contributed by atoms with Crippen LogP contribution in [0.2, 0.25) is 0 Å². The molecule has 3 atom stereocenters. The number of nitrogens with zero attached hydrogens (tertiary/aromatic N) is 3. The number of fused-ring (bicyclic) bond motifs is 1. The van der Waals surface area contributed by atoms with Crippen LogP contribution in [-0.2, 0) is 20.9 Å². The average Bonchev–Trinajstić information content (AvgIpc) is 3.29. The number of hydrogen-bond acceptors (Lipinski definition) is 6. The molecule has 2 aliphatic rings. The van der Waals surface area contributed by atoms with E-state index < -0.39 is 0 Å². The maximum absolute atomic E-state index is 13.0. The summed E-state index contributed by atoms with van der Waals surface area (Å²) in [7, 11) is 1.42. The number of methoxy groups -OCH3 is 1. The van der Waals surface area contributed by atoms with Crippen molar-refractivity contribution in [2.24, 2.45) is 5.92 Å². The molecular weight excluding hydrogens is 350 g/mol. The fraction of sp³-hybridized carbons (Fsp3) is 0.421. The minimum atomic E-state index is -0.320. The predicted octanol–water partition coefficient (Wildman–Crippen LogP) is 2.09. The van der Waals surface area contributed by atoms with Crippen molar-refractivity contribution in [2.75, 3.05) is 20.2 Å². The van der Waals surface area contributed by atoms with E-state index in [2.05, 4.69) is 9.27 Å². The Morgan fingerprint density at radius 3 is 2.85 bits per heavy atom. The molecule has 6 nitrogen and oxygen atoms in total. The topological polar surface area (TPSA) is 62.7 Å². The molecular formula is C19H21N3O3S. The van der Waals surface area contributed by atoms with Gasteiger partial charge in [0.15, 0.2) is 0 Å². The Morgan fingerprint density at radius 1 is 1.35 bits per heavy atom. The maximum atomic E-state index is 13.0. The van der Waals surface area contributed by atoms with Crippen molar-refractivity contribution < 1.29 is 14.3 Å². The highest BCUT2D eigenvalue weighted by molar-refractivity contribution is 7.03. The van der Waals surface area contributed by atoms with Crippen molar-refractivity contribution >= 4 is 23.4 Å².